The van der Waals surface area contributed by atoms with Crippen molar-refractivity contribution in [3.8, 4) is 0 Å². The van der Waals surface area contributed by atoms with Gasteiger partial charge >= 0.3 is 0 Å². The van der Waals surface area contributed by atoms with Crippen molar-refractivity contribution >= 4 is 0 Å². The average molecular weight is 143 g/mol. The lowest BCUT2D eigenvalue weighted by Gasteiger charge is -2.23. The van der Waals surface area contributed by atoms with Gasteiger partial charge in [0.15, 0.2) is 0 Å². The Kier molecular flexibility index (Phi) is 3.16. The molecule has 2 N–H and O–H groups in total. The smallest absolute Gasteiger partial charge is 0.0468 e. The maximum Gasteiger partial charge on any atom is 0.0468 e. The summed E-state index contributed by atoms with van der Waals surface area (Å²) in [5.41, 5.74) is 5.68. The Bertz CT molecular complexity index is 87.3. The second-order valence-corrected chi connectivity index (χ2v) is 3.27. The van der Waals surface area contributed by atoms with Crippen molar-refractivity contribution in [2.24, 2.45) is 11.7 Å². The number of rotatable bonds is 2. The van der Waals surface area contributed by atoms with Gasteiger partial charge < -0.3 is 10.5 Å². The normalized spacial score (nSPS) is 24.6. The molecule has 0 aliphatic carbocycles. The molecule has 0 aromatic rings. The van der Waals surface area contributed by atoms with Gasteiger partial charge in [0, 0.05) is 19.3 Å². The molecular formula is C8H17NO. The summed E-state index contributed by atoms with van der Waals surface area (Å²) < 4.78 is 5.24. The Hall–Kier alpha value is -0.0800. The Balaban J connectivity index is 2.13. The largest absolute Gasteiger partial charge is 0.381 e. The van der Waals surface area contributed by atoms with Gasteiger partial charge in [0.1, 0.15) is 0 Å². The van der Waals surface area contributed by atoms with Crippen molar-refractivity contribution in [2.75, 3.05) is 13.2 Å². The summed E-state index contributed by atoms with van der Waals surface area (Å²) in [6.07, 6.45) is 3.59. The van der Waals surface area contributed by atoms with Crippen molar-refractivity contribution in [3.05, 3.63) is 0 Å². The molecule has 1 heterocycles. The predicted octanol–water partition coefficient (Wildman–Crippen LogP) is 1.15. The van der Waals surface area contributed by atoms with Crippen LogP contribution in [0.15, 0.2) is 0 Å². The van der Waals surface area contributed by atoms with Gasteiger partial charge in [-0.25, -0.2) is 0 Å². The molecule has 0 amide bonds. The van der Waals surface area contributed by atoms with Crippen molar-refractivity contribution in [1.82, 2.24) is 0 Å². The predicted molar refractivity (Wildman–Crippen MR) is 41.8 cm³/mol. The van der Waals surface area contributed by atoms with Crippen LogP contribution in [0.3, 0.4) is 0 Å². The van der Waals surface area contributed by atoms with Crippen molar-refractivity contribution < 1.29 is 4.74 Å². The second kappa shape index (κ2) is 3.94. The lowest BCUT2D eigenvalue weighted by molar-refractivity contribution is 0.0624. The summed E-state index contributed by atoms with van der Waals surface area (Å²) in [5, 5.41) is 0. The SMILES string of the molecule is C[C@H](N)CC1CCOCC1. The van der Waals surface area contributed by atoms with Crippen LogP contribution in [0.1, 0.15) is 26.2 Å². The molecule has 1 aliphatic heterocycles. The highest BCUT2D eigenvalue weighted by Gasteiger charge is 2.14. The lowest BCUT2D eigenvalue weighted by atomic mass is 9.93. The minimum Gasteiger partial charge on any atom is -0.381 e. The van der Waals surface area contributed by atoms with E-state index in [0.29, 0.717) is 6.04 Å². The van der Waals surface area contributed by atoms with Gasteiger partial charge in [0.25, 0.3) is 0 Å². The number of hydrogen-bond acceptors (Lipinski definition) is 2. The van der Waals surface area contributed by atoms with E-state index in [0.717, 1.165) is 19.1 Å². The van der Waals surface area contributed by atoms with E-state index in [9.17, 15) is 0 Å². The minimum absolute atomic E-state index is 0.364. The zero-order valence-corrected chi connectivity index (χ0v) is 6.68. The number of ether oxygens (including phenoxy) is 1. The van der Waals surface area contributed by atoms with E-state index in [1.165, 1.54) is 19.3 Å². The van der Waals surface area contributed by atoms with Crippen LogP contribution in [0.5, 0.6) is 0 Å². The van der Waals surface area contributed by atoms with Crippen molar-refractivity contribution in [2.45, 2.75) is 32.2 Å². The van der Waals surface area contributed by atoms with Crippen molar-refractivity contribution in [1.29, 1.82) is 0 Å². The molecule has 0 aromatic heterocycles. The zero-order valence-electron chi connectivity index (χ0n) is 6.68. The quantitative estimate of drug-likeness (QED) is 0.629. The molecule has 2 heteroatoms. The summed E-state index contributed by atoms with van der Waals surface area (Å²) in [6, 6.07) is 0.364. The molecule has 1 fully saturated rings. The fourth-order valence-electron chi connectivity index (χ4n) is 1.51. The third kappa shape index (κ3) is 2.67. The van der Waals surface area contributed by atoms with E-state index in [4.69, 9.17) is 10.5 Å². The third-order valence-corrected chi connectivity index (χ3v) is 2.05. The van der Waals surface area contributed by atoms with Crippen LogP contribution < -0.4 is 5.73 Å². The molecule has 2 nitrogen and oxygen atoms in total. The van der Waals surface area contributed by atoms with E-state index >= 15 is 0 Å². The topological polar surface area (TPSA) is 35.2 Å². The third-order valence-electron chi connectivity index (χ3n) is 2.05. The summed E-state index contributed by atoms with van der Waals surface area (Å²) in [7, 11) is 0. The molecule has 0 spiro atoms. The van der Waals surface area contributed by atoms with E-state index in [2.05, 4.69) is 6.92 Å². The molecular weight excluding hydrogens is 126 g/mol. The van der Waals surface area contributed by atoms with Gasteiger partial charge in [-0.2, -0.15) is 0 Å². The summed E-state index contributed by atoms with van der Waals surface area (Å²) in [4.78, 5) is 0. The first-order chi connectivity index (χ1) is 4.79. The van der Waals surface area contributed by atoms with E-state index < -0.39 is 0 Å². The molecule has 1 atom stereocenters. The first kappa shape index (κ1) is 8.02. The molecule has 0 unspecified atom stereocenters. The van der Waals surface area contributed by atoms with Gasteiger partial charge in [-0.1, -0.05) is 0 Å². The molecule has 1 rings (SSSR count). The van der Waals surface area contributed by atoms with Crippen molar-refractivity contribution in [3.63, 3.8) is 0 Å². The van der Waals surface area contributed by atoms with Gasteiger partial charge in [-0.3, -0.25) is 0 Å². The molecule has 60 valence electrons. The summed E-state index contributed by atoms with van der Waals surface area (Å²) in [5.74, 6) is 0.828. The van der Waals surface area contributed by atoms with Crippen LogP contribution in [0, 0.1) is 5.92 Å². The van der Waals surface area contributed by atoms with Gasteiger partial charge in [0.2, 0.25) is 0 Å². The summed E-state index contributed by atoms with van der Waals surface area (Å²) >= 11 is 0. The maximum absolute atomic E-state index is 5.68. The molecule has 0 saturated carbocycles. The van der Waals surface area contributed by atoms with Gasteiger partial charge in [-0.15, -0.1) is 0 Å². The van der Waals surface area contributed by atoms with E-state index in [1.807, 2.05) is 0 Å². The number of hydrogen-bond donors (Lipinski definition) is 1. The highest BCUT2D eigenvalue weighted by atomic mass is 16.5. The highest BCUT2D eigenvalue weighted by molar-refractivity contribution is 4.67. The zero-order chi connectivity index (χ0) is 7.40. The summed E-state index contributed by atoms with van der Waals surface area (Å²) in [6.45, 7) is 3.96. The number of nitrogens with two attached hydrogens (primary N) is 1. The van der Waals surface area contributed by atoms with E-state index in [-0.39, 0.29) is 0 Å². The van der Waals surface area contributed by atoms with Gasteiger partial charge in [0.05, 0.1) is 0 Å². The van der Waals surface area contributed by atoms with Crippen LogP contribution in [0.25, 0.3) is 0 Å². The molecule has 0 radical (unpaired) electrons. The Labute approximate surface area is 62.7 Å². The monoisotopic (exact) mass is 143 g/mol. The Morgan fingerprint density at radius 3 is 2.60 bits per heavy atom. The standard InChI is InChI=1S/C8H17NO/c1-7(9)6-8-2-4-10-5-3-8/h7-8H,2-6,9H2,1H3/t7-/m0/s1. The first-order valence-electron chi connectivity index (χ1n) is 4.12. The molecule has 10 heavy (non-hydrogen) atoms. The van der Waals surface area contributed by atoms with Crippen LogP contribution in [-0.4, -0.2) is 19.3 Å². The maximum atomic E-state index is 5.68. The average Bonchev–Trinajstić information content (AvgIpc) is 1.88. The first-order valence-corrected chi connectivity index (χ1v) is 4.12. The Morgan fingerprint density at radius 1 is 1.50 bits per heavy atom. The second-order valence-electron chi connectivity index (χ2n) is 3.27. The highest BCUT2D eigenvalue weighted by Crippen LogP contribution is 2.18. The molecule has 0 aromatic carbocycles. The van der Waals surface area contributed by atoms with Crippen LogP contribution in [0.4, 0.5) is 0 Å². The van der Waals surface area contributed by atoms with Crippen LogP contribution >= 0.6 is 0 Å². The van der Waals surface area contributed by atoms with Gasteiger partial charge in [-0.05, 0) is 32.1 Å². The fourth-order valence-corrected chi connectivity index (χ4v) is 1.51. The minimum atomic E-state index is 0.364. The van der Waals surface area contributed by atoms with Crippen LogP contribution in [-0.2, 0) is 4.74 Å². The molecule has 1 saturated heterocycles. The fraction of sp³-hybridized carbons (Fsp3) is 1.00. The molecule has 0 bridgehead atoms. The lowest BCUT2D eigenvalue weighted by Crippen LogP contribution is -2.24. The molecule has 1 aliphatic rings. The van der Waals surface area contributed by atoms with Crippen LogP contribution in [0.2, 0.25) is 0 Å². The van der Waals surface area contributed by atoms with E-state index in [1.54, 1.807) is 0 Å². The Morgan fingerprint density at radius 2 is 2.10 bits per heavy atom.